The molecule has 0 saturated carbocycles. The van der Waals surface area contributed by atoms with E-state index >= 15 is 0 Å². The van der Waals surface area contributed by atoms with Crippen LogP contribution in [0.4, 0.5) is 4.39 Å². The Bertz CT molecular complexity index is 782. The lowest BCUT2D eigenvalue weighted by Gasteiger charge is -2.24. The van der Waals surface area contributed by atoms with Gasteiger partial charge in [0.25, 0.3) is 5.91 Å². The summed E-state index contributed by atoms with van der Waals surface area (Å²) in [5.41, 5.74) is 6.55. The van der Waals surface area contributed by atoms with Crippen molar-refractivity contribution in [3.05, 3.63) is 28.9 Å². The van der Waals surface area contributed by atoms with Gasteiger partial charge in [-0.05, 0) is 13.8 Å². The lowest BCUT2D eigenvalue weighted by atomic mass is 10.1. The van der Waals surface area contributed by atoms with E-state index in [1.807, 2.05) is 0 Å². The number of amides is 2. The third-order valence-corrected chi connectivity index (χ3v) is 4.38. The fourth-order valence-corrected chi connectivity index (χ4v) is 3.06. The van der Waals surface area contributed by atoms with Crippen LogP contribution in [0.15, 0.2) is 10.7 Å². The molecular formula is C15H19FN6O3. The number of carbonyl (C=O) groups excluding carboxylic acids is 2. The van der Waals surface area contributed by atoms with Crippen LogP contribution in [0.2, 0.25) is 0 Å². The SMILES string of the molecule is Cc1noc(C)c1CC(=O)N1CC(F)CC1Cn1cc(C(N)=O)nn1. The van der Waals surface area contributed by atoms with Crippen LogP contribution in [0.5, 0.6) is 0 Å². The molecule has 0 aromatic carbocycles. The van der Waals surface area contributed by atoms with Crippen LogP contribution in [-0.2, 0) is 17.8 Å². The maximum atomic E-state index is 13.9. The smallest absolute Gasteiger partial charge is 0.270 e. The molecule has 3 heterocycles. The van der Waals surface area contributed by atoms with Gasteiger partial charge in [-0.1, -0.05) is 10.4 Å². The van der Waals surface area contributed by atoms with Gasteiger partial charge in [0, 0.05) is 12.0 Å². The highest BCUT2D eigenvalue weighted by atomic mass is 19.1. The molecule has 2 atom stereocenters. The first-order valence-electron chi connectivity index (χ1n) is 7.90. The molecule has 25 heavy (non-hydrogen) atoms. The van der Waals surface area contributed by atoms with Crippen molar-refractivity contribution in [1.82, 2.24) is 25.1 Å². The highest BCUT2D eigenvalue weighted by Gasteiger charge is 2.36. The van der Waals surface area contributed by atoms with Gasteiger partial charge >= 0.3 is 0 Å². The fourth-order valence-electron chi connectivity index (χ4n) is 3.06. The minimum atomic E-state index is -1.10. The third kappa shape index (κ3) is 3.52. The molecule has 2 amide bonds. The molecule has 2 aromatic rings. The fraction of sp³-hybridized carbons (Fsp3) is 0.533. The van der Waals surface area contributed by atoms with E-state index in [9.17, 15) is 14.0 Å². The Kier molecular flexibility index (Phi) is 4.51. The molecule has 10 heteroatoms. The summed E-state index contributed by atoms with van der Waals surface area (Å²) in [6, 6.07) is -0.370. The zero-order valence-corrected chi connectivity index (χ0v) is 14.0. The summed E-state index contributed by atoms with van der Waals surface area (Å²) < 4.78 is 20.4. The number of aryl methyl sites for hydroxylation is 2. The third-order valence-electron chi connectivity index (χ3n) is 4.38. The summed E-state index contributed by atoms with van der Waals surface area (Å²) in [6.07, 6.45) is 0.607. The zero-order valence-electron chi connectivity index (χ0n) is 14.0. The van der Waals surface area contributed by atoms with Crippen molar-refractivity contribution in [1.29, 1.82) is 0 Å². The van der Waals surface area contributed by atoms with Crippen LogP contribution in [-0.4, -0.2) is 55.6 Å². The quantitative estimate of drug-likeness (QED) is 0.820. The van der Waals surface area contributed by atoms with Gasteiger partial charge in [0.05, 0.1) is 37.4 Å². The minimum absolute atomic E-state index is 0.0309. The number of likely N-dealkylation sites (tertiary alicyclic amines) is 1. The summed E-state index contributed by atoms with van der Waals surface area (Å²) in [6.45, 7) is 3.78. The number of hydrogen-bond acceptors (Lipinski definition) is 6. The van der Waals surface area contributed by atoms with Crippen molar-refractivity contribution in [2.75, 3.05) is 6.54 Å². The summed E-state index contributed by atoms with van der Waals surface area (Å²) in [5.74, 6) is -0.303. The van der Waals surface area contributed by atoms with Gasteiger partial charge in [-0.3, -0.25) is 9.59 Å². The largest absolute Gasteiger partial charge is 0.364 e. The van der Waals surface area contributed by atoms with Crippen LogP contribution in [0.25, 0.3) is 0 Å². The van der Waals surface area contributed by atoms with Crippen molar-refractivity contribution in [3.8, 4) is 0 Å². The van der Waals surface area contributed by atoms with E-state index in [1.54, 1.807) is 13.8 Å². The molecule has 1 saturated heterocycles. The highest BCUT2D eigenvalue weighted by molar-refractivity contribution is 5.90. The number of aromatic nitrogens is 4. The molecule has 3 rings (SSSR count). The van der Waals surface area contributed by atoms with Crippen molar-refractivity contribution in [3.63, 3.8) is 0 Å². The summed E-state index contributed by atoms with van der Waals surface area (Å²) >= 11 is 0. The Hall–Kier alpha value is -2.78. The van der Waals surface area contributed by atoms with Gasteiger partial charge in [-0.25, -0.2) is 9.07 Å². The zero-order chi connectivity index (χ0) is 18.1. The van der Waals surface area contributed by atoms with Crippen molar-refractivity contribution < 1.29 is 18.5 Å². The van der Waals surface area contributed by atoms with E-state index in [0.29, 0.717) is 11.5 Å². The molecule has 2 unspecified atom stereocenters. The van der Waals surface area contributed by atoms with Crippen molar-refractivity contribution in [2.24, 2.45) is 5.73 Å². The lowest BCUT2D eigenvalue weighted by molar-refractivity contribution is -0.131. The number of primary amides is 1. The van der Waals surface area contributed by atoms with E-state index < -0.39 is 12.1 Å². The normalized spacial score (nSPS) is 20.2. The molecule has 1 aliphatic rings. The van der Waals surface area contributed by atoms with Crippen LogP contribution >= 0.6 is 0 Å². The standard InChI is InChI=1S/C15H19FN6O3/c1-8-12(9(2)25-19-8)4-14(23)22-5-10(16)3-11(22)6-21-7-13(15(17)24)18-20-21/h7,10-11H,3-6H2,1-2H3,(H2,17,24). The van der Waals surface area contributed by atoms with Gasteiger partial charge in [-0.15, -0.1) is 5.10 Å². The predicted molar refractivity (Wildman–Crippen MR) is 83.2 cm³/mol. The van der Waals surface area contributed by atoms with Gasteiger partial charge < -0.3 is 15.2 Å². The Morgan fingerprint density at radius 1 is 1.44 bits per heavy atom. The van der Waals surface area contributed by atoms with Crippen molar-refractivity contribution in [2.45, 2.75) is 45.4 Å². The summed E-state index contributed by atoms with van der Waals surface area (Å²) in [5, 5.41) is 11.3. The Labute approximate surface area is 142 Å². The van der Waals surface area contributed by atoms with Gasteiger partial charge in [0.15, 0.2) is 5.69 Å². The van der Waals surface area contributed by atoms with E-state index in [0.717, 1.165) is 5.56 Å². The molecule has 2 aromatic heterocycles. The first-order chi connectivity index (χ1) is 11.8. The Morgan fingerprint density at radius 2 is 2.20 bits per heavy atom. The lowest BCUT2D eigenvalue weighted by Crippen LogP contribution is -2.39. The predicted octanol–water partition coefficient (Wildman–Crippen LogP) is 0.164. The molecule has 1 aliphatic heterocycles. The molecular weight excluding hydrogens is 331 g/mol. The van der Waals surface area contributed by atoms with E-state index in [1.165, 1.54) is 15.8 Å². The molecule has 0 radical (unpaired) electrons. The number of hydrogen-bond donors (Lipinski definition) is 1. The second kappa shape index (κ2) is 6.61. The second-order valence-electron chi connectivity index (χ2n) is 6.20. The first-order valence-corrected chi connectivity index (χ1v) is 7.90. The molecule has 0 bridgehead atoms. The Morgan fingerprint density at radius 3 is 2.80 bits per heavy atom. The van der Waals surface area contributed by atoms with Gasteiger partial charge in [0.2, 0.25) is 5.91 Å². The molecule has 2 N–H and O–H groups in total. The van der Waals surface area contributed by atoms with Crippen LogP contribution < -0.4 is 5.73 Å². The van der Waals surface area contributed by atoms with Crippen LogP contribution in [0.1, 0.15) is 33.9 Å². The van der Waals surface area contributed by atoms with Crippen LogP contribution in [0.3, 0.4) is 0 Å². The highest BCUT2D eigenvalue weighted by Crippen LogP contribution is 2.24. The van der Waals surface area contributed by atoms with E-state index in [2.05, 4.69) is 15.5 Å². The molecule has 9 nitrogen and oxygen atoms in total. The number of alkyl halides is 1. The summed E-state index contributed by atoms with van der Waals surface area (Å²) in [4.78, 5) is 25.2. The minimum Gasteiger partial charge on any atom is -0.364 e. The Balaban J connectivity index is 1.72. The average molecular weight is 350 g/mol. The topological polar surface area (TPSA) is 120 Å². The van der Waals surface area contributed by atoms with Crippen LogP contribution in [0, 0.1) is 13.8 Å². The number of rotatable bonds is 5. The number of nitrogens with zero attached hydrogens (tertiary/aromatic N) is 5. The van der Waals surface area contributed by atoms with E-state index in [-0.39, 0.29) is 43.6 Å². The molecule has 134 valence electrons. The maximum absolute atomic E-state index is 13.9. The maximum Gasteiger partial charge on any atom is 0.270 e. The van der Waals surface area contributed by atoms with E-state index in [4.69, 9.17) is 10.3 Å². The molecule has 1 fully saturated rings. The number of carbonyl (C=O) groups is 2. The summed E-state index contributed by atoms with van der Waals surface area (Å²) in [7, 11) is 0. The van der Waals surface area contributed by atoms with Gasteiger partial charge in [-0.2, -0.15) is 0 Å². The monoisotopic (exact) mass is 350 g/mol. The number of nitrogens with two attached hydrogens (primary N) is 1. The second-order valence-corrected chi connectivity index (χ2v) is 6.20. The molecule has 0 aliphatic carbocycles. The molecule has 0 spiro atoms. The number of halogens is 1. The first kappa shape index (κ1) is 17.1. The van der Waals surface area contributed by atoms with Gasteiger partial charge in [0.1, 0.15) is 11.9 Å². The average Bonchev–Trinajstić information content (AvgIpc) is 3.23. The van der Waals surface area contributed by atoms with Crippen molar-refractivity contribution >= 4 is 11.8 Å².